The molecule has 0 amide bonds. The molecule has 0 radical (unpaired) electrons. The van der Waals surface area contributed by atoms with Crippen molar-refractivity contribution in [3.05, 3.63) is 59.3 Å². The molecule has 1 N–H and O–H groups in total. The monoisotopic (exact) mass is 420 g/mol. The maximum atomic E-state index is 12.6. The molecule has 0 bridgehead atoms. The van der Waals surface area contributed by atoms with Gasteiger partial charge in [-0.05, 0) is 42.3 Å². The summed E-state index contributed by atoms with van der Waals surface area (Å²) in [7, 11) is 1.87. The van der Waals surface area contributed by atoms with Crippen LogP contribution in [0, 0.1) is 6.92 Å². The summed E-state index contributed by atoms with van der Waals surface area (Å²) in [4.78, 5) is 4.45. The number of anilines is 1. The molecule has 9 heteroatoms. The van der Waals surface area contributed by atoms with E-state index in [1.807, 2.05) is 25.2 Å². The molecule has 1 aromatic carbocycles. The van der Waals surface area contributed by atoms with Gasteiger partial charge in [0.15, 0.2) is 0 Å². The van der Waals surface area contributed by atoms with Crippen molar-refractivity contribution in [1.82, 2.24) is 14.8 Å². The van der Waals surface area contributed by atoms with Crippen molar-refractivity contribution >= 4 is 17.6 Å². The van der Waals surface area contributed by atoms with E-state index in [0.29, 0.717) is 0 Å². The van der Waals surface area contributed by atoms with Gasteiger partial charge in [-0.2, -0.15) is 5.10 Å². The molecule has 0 aliphatic carbocycles. The summed E-state index contributed by atoms with van der Waals surface area (Å²) in [6, 6.07) is 10.2. The Kier molecular flexibility index (Phi) is 5.16. The number of ether oxygens (including phenoxy) is 1. The summed E-state index contributed by atoms with van der Waals surface area (Å²) < 4.78 is 43.6. The first kappa shape index (κ1) is 19.6. The number of hydrogen-bond donors (Lipinski definition) is 1. The predicted molar refractivity (Wildman–Crippen MR) is 107 cm³/mol. The highest BCUT2D eigenvalue weighted by Crippen LogP contribution is 2.46. The zero-order valence-electron chi connectivity index (χ0n) is 15.8. The van der Waals surface area contributed by atoms with Crippen molar-refractivity contribution in [3.63, 3.8) is 0 Å². The number of benzene rings is 1. The molecule has 1 aliphatic heterocycles. The van der Waals surface area contributed by atoms with Crippen LogP contribution in [0.3, 0.4) is 0 Å². The lowest BCUT2D eigenvalue weighted by atomic mass is 9.98. The Bertz CT molecular complexity index is 1020. The standard InChI is InChI=1S/C20H19F3N4OS/c1-12-11-13(28-20(21,22)23)6-7-14(12)18-16-17(15-5-3-4-8-24-15)26-27(2)19(16)25-9-10-29-18/h3-8,11,18,25H,9-10H2,1-2H3. The Morgan fingerprint density at radius 2 is 2.07 bits per heavy atom. The molecule has 1 aliphatic rings. The van der Waals surface area contributed by atoms with Crippen LogP contribution in [0.1, 0.15) is 21.9 Å². The highest BCUT2D eigenvalue weighted by molar-refractivity contribution is 7.99. The van der Waals surface area contributed by atoms with E-state index in [1.165, 1.54) is 12.1 Å². The third-order valence-electron chi connectivity index (χ3n) is 4.69. The van der Waals surface area contributed by atoms with Crippen LogP contribution >= 0.6 is 11.8 Å². The lowest BCUT2D eigenvalue weighted by Crippen LogP contribution is -2.17. The Balaban J connectivity index is 1.81. The van der Waals surface area contributed by atoms with E-state index >= 15 is 0 Å². The molecule has 0 spiro atoms. The van der Waals surface area contributed by atoms with E-state index in [2.05, 4.69) is 20.1 Å². The Hall–Kier alpha value is -2.68. The second kappa shape index (κ2) is 7.62. The second-order valence-electron chi connectivity index (χ2n) is 6.69. The number of halogens is 3. The Morgan fingerprint density at radius 3 is 2.76 bits per heavy atom. The first-order chi connectivity index (χ1) is 13.8. The normalized spacial score (nSPS) is 16.7. The molecular weight excluding hydrogens is 401 g/mol. The van der Waals surface area contributed by atoms with Gasteiger partial charge < -0.3 is 10.1 Å². The number of aryl methyl sites for hydroxylation is 2. The molecule has 3 heterocycles. The van der Waals surface area contributed by atoms with Crippen molar-refractivity contribution in [2.45, 2.75) is 18.5 Å². The molecule has 4 rings (SSSR count). The van der Waals surface area contributed by atoms with Crippen molar-refractivity contribution in [2.24, 2.45) is 7.05 Å². The average Bonchev–Trinajstić information content (AvgIpc) is 2.84. The number of hydrogen-bond acceptors (Lipinski definition) is 5. The van der Waals surface area contributed by atoms with Crippen LogP contribution in [0.4, 0.5) is 19.0 Å². The van der Waals surface area contributed by atoms with Crippen LogP contribution in [0.25, 0.3) is 11.4 Å². The summed E-state index contributed by atoms with van der Waals surface area (Å²) in [6.07, 6.45) is -2.99. The Labute approximate surface area is 170 Å². The van der Waals surface area contributed by atoms with E-state index in [-0.39, 0.29) is 11.0 Å². The number of nitrogens with one attached hydrogen (secondary N) is 1. The summed E-state index contributed by atoms with van der Waals surface area (Å²) in [5.74, 6) is 1.53. The zero-order valence-corrected chi connectivity index (χ0v) is 16.6. The lowest BCUT2D eigenvalue weighted by Gasteiger charge is -2.19. The highest BCUT2D eigenvalue weighted by Gasteiger charge is 2.33. The minimum Gasteiger partial charge on any atom is -0.406 e. The van der Waals surface area contributed by atoms with Gasteiger partial charge in [0.25, 0.3) is 0 Å². The zero-order chi connectivity index (χ0) is 20.6. The Morgan fingerprint density at radius 1 is 1.24 bits per heavy atom. The van der Waals surface area contributed by atoms with Gasteiger partial charge in [0.2, 0.25) is 0 Å². The minimum absolute atomic E-state index is 0.0920. The lowest BCUT2D eigenvalue weighted by molar-refractivity contribution is -0.274. The number of nitrogens with zero attached hydrogens (tertiary/aromatic N) is 3. The molecule has 152 valence electrons. The molecule has 29 heavy (non-hydrogen) atoms. The molecule has 0 saturated heterocycles. The number of rotatable bonds is 3. The number of fused-ring (bicyclic) bond motifs is 1. The third kappa shape index (κ3) is 4.05. The van der Waals surface area contributed by atoms with Gasteiger partial charge in [0.1, 0.15) is 17.3 Å². The fraction of sp³-hybridized carbons (Fsp3) is 0.300. The number of thioether (sulfide) groups is 1. The fourth-order valence-corrected chi connectivity index (χ4v) is 4.79. The summed E-state index contributed by atoms with van der Waals surface area (Å²) in [5.41, 5.74) is 4.17. The summed E-state index contributed by atoms with van der Waals surface area (Å²) >= 11 is 1.73. The number of aromatic nitrogens is 3. The van der Waals surface area contributed by atoms with Crippen LogP contribution < -0.4 is 10.1 Å². The van der Waals surface area contributed by atoms with Crippen LogP contribution in [-0.2, 0) is 7.05 Å². The molecular formula is C20H19F3N4OS. The molecule has 5 nitrogen and oxygen atoms in total. The van der Waals surface area contributed by atoms with E-state index in [1.54, 1.807) is 35.6 Å². The summed E-state index contributed by atoms with van der Waals surface area (Å²) in [5, 5.41) is 8.01. The van der Waals surface area contributed by atoms with E-state index in [0.717, 1.165) is 46.2 Å². The summed E-state index contributed by atoms with van der Waals surface area (Å²) in [6.45, 7) is 2.57. The quantitative estimate of drug-likeness (QED) is 0.651. The number of alkyl halides is 3. The van der Waals surface area contributed by atoms with Gasteiger partial charge >= 0.3 is 6.36 Å². The van der Waals surface area contributed by atoms with Gasteiger partial charge in [0, 0.05) is 31.1 Å². The smallest absolute Gasteiger partial charge is 0.406 e. The predicted octanol–water partition coefficient (Wildman–Crippen LogP) is 4.94. The SMILES string of the molecule is Cc1cc(OC(F)(F)F)ccc1C1SCCNc2c1c(-c1ccccn1)nn2C. The van der Waals surface area contributed by atoms with Crippen LogP contribution in [-0.4, -0.2) is 33.4 Å². The van der Waals surface area contributed by atoms with E-state index in [9.17, 15) is 13.2 Å². The van der Waals surface area contributed by atoms with Crippen molar-refractivity contribution in [3.8, 4) is 17.1 Å². The van der Waals surface area contributed by atoms with Crippen LogP contribution in [0.15, 0.2) is 42.6 Å². The molecule has 0 fully saturated rings. The first-order valence-electron chi connectivity index (χ1n) is 9.03. The topological polar surface area (TPSA) is 52.0 Å². The maximum absolute atomic E-state index is 12.6. The van der Waals surface area contributed by atoms with Gasteiger partial charge in [-0.25, -0.2) is 0 Å². The van der Waals surface area contributed by atoms with Crippen molar-refractivity contribution < 1.29 is 17.9 Å². The van der Waals surface area contributed by atoms with Crippen molar-refractivity contribution in [1.29, 1.82) is 0 Å². The van der Waals surface area contributed by atoms with Crippen LogP contribution in [0.2, 0.25) is 0 Å². The molecule has 3 aromatic rings. The highest BCUT2D eigenvalue weighted by atomic mass is 32.2. The van der Waals surface area contributed by atoms with Crippen LogP contribution in [0.5, 0.6) is 5.75 Å². The van der Waals surface area contributed by atoms with Crippen molar-refractivity contribution in [2.75, 3.05) is 17.6 Å². The minimum atomic E-state index is -4.71. The average molecular weight is 420 g/mol. The van der Waals surface area contributed by atoms with E-state index in [4.69, 9.17) is 0 Å². The molecule has 1 atom stereocenters. The third-order valence-corrected chi connectivity index (χ3v) is 5.95. The van der Waals surface area contributed by atoms with Gasteiger partial charge in [-0.3, -0.25) is 9.67 Å². The maximum Gasteiger partial charge on any atom is 0.573 e. The fourth-order valence-electron chi connectivity index (χ4n) is 3.50. The van der Waals surface area contributed by atoms with Gasteiger partial charge in [-0.1, -0.05) is 12.1 Å². The first-order valence-corrected chi connectivity index (χ1v) is 10.1. The van der Waals surface area contributed by atoms with Gasteiger partial charge in [0.05, 0.1) is 10.9 Å². The molecule has 2 aromatic heterocycles. The largest absolute Gasteiger partial charge is 0.573 e. The van der Waals surface area contributed by atoms with E-state index < -0.39 is 6.36 Å². The second-order valence-corrected chi connectivity index (χ2v) is 7.91. The molecule has 1 unspecified atom stereocenters. The van der Waals surface area contributed by atoms with Gasteiger partial charge in [-0.15, -0.1) is 24.9 Å². The molecule has 0 saturated carbocycles. The number of pyridine rings is 1.